The number of H-pyrrole nitrogens is 1. The number of rotatable bonds is 6. The molecule has 4 aromatic rings. The first-order chi connectivity index (χ1) is 20.2. The number of fused-ring (bicyclic) bond motifs is 1. The van der Waals surface area contributed by atoms with Gasteiger partial charge in [-0.25, -0.2) is 0 Å². The molecule has 0 saturated carbocycles. The monoisotopic (exact) mass is 576 g/mol. The lowest BCUT2D eigenvalue weighted by molar-refractivity contribution is -0.137. The number of carbonyl (C=O) groups is 1. The number of aromatic nitrogens is 3. The molecule has 0 unspecified atom stereocenters. The summed E-state index contributed by atoms with van der Waals surface area (Å²) < 4.78 is 38.5. The molecule has 0 atom stereocenters. The molecule has 0 aliphatic carbocycles. The second-order valence-corrected chi connectivity index (χ2v) is 11.5. The summed E-state index contributed by atoms with van der Waals surface area (Å²) in [5.41, 5.74) is 4.95. The second kappa shape index (κ2) is 11.9. The molecule has 2 saturated heterocycles. The largest absolute Gasteiger partial charge is 0.416 e. The van der Waals surface area contributed by atoms with Crippen molar-refractivity contribution >= 4 is 16.8 Å². The Bertz CT molecular complexity index is 1520. The van der Waals surface area contributed by atoms with Gasteiger partial charge in [0.15, 0.2) is 0 Å². The van der Waals surface area contributed by atoms with Crippen molar-refractivity contribution in [2.24, 2.45) is 0 Å². The van der Waals surface area contributed by atoms with Crippen LogP contribution in [0.2, 0.25) is 0 Å². The zero-order valence-electron chi connectivity index (χ0n) is 23.7. The van der Waals surface area contributed by atoms with Crippen molar-refractivity contribution in [2.75, 3.05) is 39.3 Å². The zero-order valence-corrected chi connectivity index (χ0v) is 23.7. The molecule has 2 aliphatic rings. The van der Waals surface area contributed by atoms with Crippen LogP contribution in [-0.4, -0.2) is 74.8 Å². The number of hydrogen-bond acceptors (Lipinski definition) is 5. The summed E-state index contributed by atoms with van der Waals surface area (Å²) in [7, 11) is 0. The van der Waals surface area contributed by atoms with E-state index in [1.54, 1.807) is 0 Å². The van der Waals surface area contributed by atoms with E-state index in [0.29, 0.717) is 44.3 Å². The van der Waals surface area contributed by atoms with E-state index in [4.69, 9.17) is 4.98 Å². The molecule has 0 spiro atoms. The smallest absolute Gasteiger partial charge is 0.349 e. The van der Waals surface area contributed by atoms with E-state index in [-0.39, 0.29) is 5.91 Å². The maximum absolute atomic E-state index is 13.3. The number of pyridine rings is 2. The van der Waals surface area contributed by atoms with Crippen molar-refractivity contribution in [2.45, 2.75) is 44.9 Å². The fourth-order valence-corrected chi connectivity index (χ4v) is 5.96. The minimum absolute atomic E-state index is 0.0409. The highest BCUT2D eigenvalue weighted by Gasteiger charge is 2.30. The molecule has 0 radical (unpaired) electrons. The van der Waals surface area contributed by atoms with E-state index in [1.807, 2.05) is 30.3 Å². The van der Waals surface area contributed by atoms with Crippen molar-refractivity contribution < 1.29 is 18.0 Å². The molecule has 7 nitrogen and oxygen atoms in total. The Morgan fingerprint density at radius 1 is 0.857 bits per heavy atom. The first kappa shape index (κ1) is 28.4. The molecular formula is C32H35F3N6O. The highest BCUT2D eigenvalue weighted by molar-refractivity contribution is 5.98. The Hall–Kier alpha value is -3.76. The van der Waals surface area contributed by atoms with Crippen molar-refractivity contribution in [3.8, 4) is 0 Å². The molecule has 3 aromatic heterocycles. The molecule has 42 heavy (non-hydrogen) atoms. The molecule has 1 amide bonds. The molecule has 220 valence electrons. The van der Waals surface area contributed by atoms with Crippen molar-refractivity contribution in [1.82, 2.24) is 29.7 Å². The third kappa shape index (κ3) is 6.50. The highest BCUT2D eigenvalue weighted by Crippen LogP contribution is 2.31. The lowest BCUT2D eigenvalue weighted by Gasteiger charge is -2.34. The van der Waals surface area contributed by atoms with Gasteiger partial charge in [-0.1, -0.05) is 18.2 Å². The fraction of sp³-hybridized carbons (Fsp3) is 0.406. The Kier molecular flexibility index (Phi) is 8.00. The van der Waals surface area contributed by atoms with Gasteiger partial charge in [0.25, 0.3) is 5.91 Å². The Balaban J connectivity index is 1.02. The van der Waals surface area contributed by atoms with Crippen LogP contribution in [0.15, 0.2) is 60.9 Å². The van der Waals surface area contributed by atoms with Crippen molar-refractivity contribution in [3.05, 3.63) is 94.7 Å². The van der Waals surface area contributed by atoms with Gasteiger partial charge < -0.3 is 9.88 Å². The highest BCUT2D eigenvalue weighted by atomic mass is 19.4. The number of amides is 1. The number of nitrogens with one attached hydrogen (secondary N) is 1. The Morgan fingerprint density at radius 2 is 1.52 bits per heavy atom. The minimum Gasteiger partial charge on any atom is -0.349 e. The quantitative estimate of drug-likeness (QED) is 0.323. The van der Waals surface area contributed by atoms with Gasteiger partial charge in [-0.3, -0.25) is 24.6 Å². The molecule has 1 N–H and O–H groups in total. The number of piperidine rings is 1. The van der Waals surface area contributed by atoms with E-state index in [1.165, 1.54) is 17.7 Å². The average molecular weight is 577 g/mol. The standard InChI is InChI=1S/C32H35F3N6O/c1-22-2-3-24(18-36-22)21-39-10-8-25(9-11-39)28-16-26-17-29(38-30(26)19-37-28)31(42)41-14-12-40(13-15-41)20-23-4-6-27(7-5-23)32(33,34)35/h2-7,16-19,25,38H,8-15,20-21H2,1H3. The third-order valence-corrected chi connectivity index (χ3v) is 8.49. The molecule has 0 bridgehead atoms. The second-order valence-electron chi connectivity index (χ2n) is 11.5. The molecule has 6 rings (SSSR count). The zero-order chi connectivity index (χ0) is 29.3. The van der Waals surface area contributed by atoms with Gasteiger partial charge in [0, 0.05) is 68.2 Å². The average Bonchev–Trinajstić information content (AvgIpc) is 3.42. The van der Waals surface area contributed by atoms with Crippen LogP contribution in [0.25, 0.3) is 10.9 Å². The van der Waals surface area contributed by atoms with E-state index >= 15 is 0 Å². The number of alkyl halides is 3. The maximum Gasteiger partial charge on any atom is 0.416 e. The number of piperazine rings is 1. The predicted octanol–water partition coefficient (Wildman–Crippen LogP) is 5.62. The Labute approximate surface area is 243 Å². The third-order valence-electron chi connectivity index (χ3n) is 8.49. The summed E-state index contributed by atoms with van der Waals surface area (Å²) in [6, 6.07) is 13.6. The summed E-state index contributed by atoms with van der Waals surface area (Å²) in [5.74, 6) is 0.356. The van der Waals surface area contributed by atoms with Crippen LogP contribution in [0.4, 0.5) is 13.2 Å². The number of carbonyl (C=O) groups excluding carboxylic acids is 1. The van der Waals surface area contributed by atoms with E-state index in [0.717, 1.165) is 72.5 Å². The van der Waals surface area contributed by atoms with Crippen molar-refractivity contribution in [1.29, 1.82) is 0 Å². The summed E-state index contributed by atoms with van der Waals surface area (Å²) >= 11 is 0. The van der Waals surface area contributed by atoms with Gasteiger partial charge in [-0.2, -0.15) is 13.2 Å². The normalized spacial score (nSPS) is 17.7. The summed E-state index contributed by atoms with van der Waals surface area (Å²) in [6.45, 7) is 7.96. The first-order valence-electron chi connectivity index (χ1n) is 14.5. The number of benzene rings is 1. The van der Waals surface area contributed by atoms with Gasteiger partial charge in [0.05, 0.1) is 17.3 Å². The Morgan fingerprint density at radius 3 is 2.19 bits per heavy atom. The molecule has 10 heteroatoms. The van der Waals surface area contributed by atoms with Gasteiger partial charge in [0.1, 0.15) is 5.69 Å². The molecule has 1 aromatic carbocycles. The fourth-order valence-electron chi connectivity index (χ4n) is 5.96. The van der Waals surface area contributed by atoms with Crippen LogP contribution in [0.1, 0.15) is 57.3 Å². The number of nitrogens with zero attached hydrogens (tertiary/aromatic N) is 5. The van der Waals surface area contributed by atoms with Crippen molar-refractivity contribution in [3.63, 3.8) is 0 Å². The van der Waals surface area contributed by atoms with E-state index in [2.05, 4.69) is 38.0 Å². The summed E-state index contributed by atoms with van der Waals surface area (Å²) in [6.07, 6.45) is 1.57. The minimum atomic E-state index is -4.33. The number of hydrogen-bond donors (Lipinski definition) is 1. The topological polar surface area (TPSA) is 68.4 Å². The number of halogens is 3. The molecular weight excluding hydrogens is 541 g/mol. The van der Waals surface area contributed by atoms with Crippen LogP contribution < -0.4 is 0 Å². The van der Waals surface area contributed by atoms with Crippen LogP contribution >= 0.6 is 0 Å². The van der Waals surface area contributed by atoms with Gasteiger partial charge in [-0.05, 0) is 74.3 Å². The van der Waals surface area contributed by atoms with Gasteiger partial charge in [-0.15, -0.1) is 0 Å². The van der Waals surface area contributed by atoms with Gasteiger partial charge in [0.2, 0.25) is 0 Å². The maximum atomic E-state index is 13.3. The number of aryl methyl sites for hydroxylation is 1. The number of aromatic amines is 1. The van der Waals surface area contributed by atoms with Crippen LogP contribution in [0, 0.1) is 6.92 Å². The van der Waals surface area contributed by atoms with Crippen LogP contribution in [-0.2, 0) is 19.3 Å². The molecule has 2 fully saturated rings. The predicted molar refractivity (Wildman–Crippen MR) is 155 cm³/mol. The SMILES string of the molecule is Cc1ccc(CN2CCC(c3cc4cc(C(=O)N5CCN(Cc6ccc(C(F)(F)F)cc6)CC5)[nH]c4cn3)CC2)cn1. The van der Waals surface area contributed by atoms with Crippen LogP contribution in [0.3, 0.4) is 0 Å². The van der Waals surface area contributed by atoms with Crippen LogP contribution in [0.5, 0.6) is 0 Å². The molecule has 5 heterocycles. The summed E-state index contributed by atoms with van der Waals surface area (Å²) in [5, 5.41) is 0.998. The summed E-state index contributed by atoms with van der Waals surface area (Å²) in [4.78, 5) is 32.2. The lowest BCUT2D eigenvalue weighted by Crippen LogP contribution is -2.48. The lowest BCUT2D eigenvalue weighted by atomic mass is 9.92. The van der Waals surface area contributed by atoms with E-state index in [9.17, 15) is 18.0 Å². The van der Waals surface area contributed by atoms with E-state index < -0.39 is 11.7 Å². The molecule has 2 aliphatic heterocycles. The number of likely N-dealkylation sites (tertiary alicyclic amines) is 1. The first-order valence-corrected chi connectivity index (χ1v) is 14.5. The van der Waals surface area contributed by atoms with Gasteiger partial charge >= 0.3 is 6.18 Å².